The van der Waals surface area contributed by atoms with Crippen LogP contribution in [0.2, 0.25) is 0 Å². The van der Waals surface area contributed by atoms with E-state index in [0.29, 0.717) is 29.5 Å². The summed E-state index contributed by atoms with van der Waals surface area (Å²) >= 11 is 0. The summed E-state index contributed by atoms with van der Waals surface area (Å²) in [5.41, 5.74) is 0.0708. The van der Waals surface area contributed by atoms with Gasteiger partial charge >= 0.3 is 5.97 Å². The summed E-state index contributed by atoms with van der Waals surface area (Å²) in [5, 5.41) is 0. The predicted octanol–water partition coefficient (Wildman–Crippen LogP) is 4.13. The van der Waals surface area contributed by atoms with Crippen molar-refractivity contribution in [1.82, 2.24) is 0 Å². The molecule has 8 unspecified atom stereocenters. The Hall–Kier alpha value is -0.940. The van der Waals surface area contributed by atoms with Crippen LogP contribution in [0.3, 0.4) is 0 Å². The Labute approximate surface area is 168 Å². The van der Waals surface area contributed by atoms with Gasteiger partial charge in [0.05, 0.1) is 6.10 Å². The molecule has 0 saturated heterocycles. The first-order valence-corrected chi connectivity index (χ1v) is 11.1. The molecule has 4 aliphatic carbocycles. The average molecular weight is 393 g/mol. The highest BCUT2D eigenvalue weighted by Gasteiger charge is 2.61. The number of esters is 1. The summed E-state index contributed by atoms with van der Waals surface area (Å²) in [7, 11) is 1.63. The first-order valence-electron chi connectivity index (χ1n) is 11.1. The van der Waals surface area contributed by atoms with Gasteiger partial charge in [0, 0.05) is 25.9 Å². The summed E-state index contributed by atoms with van der Waals surface area (Å²) in [6.07, 6.45) is 7.94. The average Bonchev–Trinajstić information content (AvgIpc) is 2.94. The second-order valence-electron chi connectivity index (χ2n) is 10.3. The Bertz CT molecular complexity index is 632. The number of hydrogen-bond acceptors (Lipinski definition) is 5. The van der Waals surface area contributed by atoms with Gasteiger partial charge in [-0.3, -0.25) is 9.59 Å². The van der Waals surface area contributed by atoms with Crippen molar-refractivity contribution in [3.05, 3.63) is 0 Å². The number of carbonyl (C=O) groups excluding carboxylic acids is 2. The molecule has 0 aromatic carbocycles. The molecule has 0 N–H and O–H groups in total. The van der Waals surface area contributed by atoms with Crippen LogP contribution in [0.1, 0.15) is 72.1 Å². The van der Waals surface area contributed by atoms with Crippen molar-refractivity contribution >= 4 is 11.8 Å². The van der Waals surface area contributed by atoms with Gasteiger partial charge < -0.3 is 14.2 Å². The van der Waals surface area contributed by atoms with Gasteiger partial charge in [0.2, 0.25) is 0 Å². The molecule has 0 amide bonds. The number of rotatable bonds is 4. The molecule has 158 valence electrons. The van der Waals surface area contributed by atoms with Crippen LogP contribution in [-0.4, -0.2) is 37.9 Å². The predicted molar refractivity (Wildman–Crippen MR) is 104 cm³/mol. The van der Waals surface area contributed by atoms with Gasteiger partial charge in [-0.05, 0) is 74.0 Å². The number of ketones is 1. The number of carbonyl (C=O) groups is 2. The molecule has 0 radical (unpaired) electrons. The Balaban J connectivity index is 1.58. The molecule has 28 heavy (non-hydrogen) atoms. The van der Waals surface area contributed by atoms with E-state index in [1.807, 2.05) is 0 Å². The molecular weight excluding hydrogens is 356 g/mol. The molecule has 5 heteroatoms. The summed E-state index contributed by atoms with van der Waals surface area (Å²) < 4.78 is 16.8. The molecular formula is C23H36O5. The van der Waals surface area contributed by atoms with Crippen molar-refractivity contribution in [3.63, 3.8) is 0 Å². The fourth-order valence-electron chi connectivity index (χ4n) is 7.67. The molecule has 4 fully saturated rings. The first kappa shape index (κ1) is 20.3. The molecule has 0 aromatic rings. The molecule has 0 heterocycles. The first-order chi connectivity index (χ1) is 13.3. The quantitative estimate of drug-likeness (QED) is 0.532. The third-order valence-electron chi connectivity index (χ3n) is 9.06. The highest BCUT2D eigenvalue weighted by atomic mass is 16.7. The molecule has 0 aromatic heterocycles. The van der Waals surface area contributed by atoms with Crippen molar-refractivity contribution < 1.29 is 23.8 Å². The van der Waals surface area contributed by atoms with Crippen LogP contribution in [0, 0.1) is 34.5 Å². The zero-order valence-corrected chi connectivity index (χ0v) is 17.9. The van der Waals surface area contributed by atoms with Gasteiger partial charge in [0.15, 0.2) is 0 Å². The highest BCUT2D eigenvalue weighted by Crippen LogP contribution is 2.65. The topological polar surface area (TPSA) is 61.8 Å². The second-order valence-corrected chi connectivity index (χ2v) is 10.3. The van der Waals surface area contributed by atoms with Gasteiger partial charge in [-0.1, -0.05) is 13.8 Å². The molecule has 4 saturated carbocycles. The van der Waals surface area contributed by atoms with Crippen LogP contribution in [0.4, 0.5) is 0 Å². The van der Waals surface area contributed by atoms with Gasteiger partial charge in [-0.25, -0.2) is 0 Å². The normalized spacial score (nSPS) is 47.8. The monoisotopic (exact) mass is 392 g/mol. The number of fused-ring (bicyclic) bond motifs is 5. The summed E-state index contributed by atoms with van der Waals surface area (Å²) in [4.78, 5) is 24.4. The minimum atomic E-state index is -0.233. The van der Waals surface area contributed by atoms with Crippen molar-refractivity contribution in [2.45, 2.75) is 84.3 Å². The lowest BCUT2D eigenvalue weighted by Gasteiger charge is -2.61. The summed E-state index contributed by atoms with van der Waals surface area (Å²) in [6.45, 7) is 6.38. The zero-order valence-electron chi connectivity index (χ0n) is 17.9. The van der Waals surface area contributed by atoms with Gasteiger partial charge in [-0.15, -0.1) is 0 Å². The number of ether oxygens (including phenoxy) is 3. The SMILES string of the molecule is COCOC1CC2CCC3C4CCC(=O)C4(C)CCC3C2(C)CC1OC(C)=O. The smallest absolute Gasteiger partial charge is 0.302 e. The molecule has 5 nitrogen and oxygen atoms in total. The minimum absolute atomic E-state index is 0.0830. The summed E-state index contributed by atoms with van der Waals surface area (Å²) in [5.74, 6) is 2.66. The number of methoxy groups -OCH3 is 1. The van der Waals surface area contributed by atoms with Crippen molar-refractivity contribution in [2.75, 3.05) is 13.9 Å². The van der Waals surface area contributed by atoms with Crippen LogP contribution >= 0.6 is 0 Å². The van der Waals surface area contributed by atoms with Crippen LogP contribution < -0.4 is 0 Å². The third kappa shape index (κ3) is 3.13. The zero-order chi connectivity index (χ0) is 20.1. The number of Topliss-reactive ketones (excluding diaryl/α,β-unsaturated/α-hetero) is 1. The van der Waals surface area contributed by atoms with Crippen LogP contribution in [0.5, 0.6) is 0 Å². The highest BCUT2D eigenvalue weighted by molar-refractivity contribution is 5.87. The Morgan fingerprint density at radius 3 is 2.61 bits per heavy atom. The maximum absolute atomic E-state index is 12.6. The maximum atomic E-state index is 12.6. The van der Waals surface area contributed by atoms with Gasteiger partial charge in [-0.2, -0.15) is 0 Å². The molecule has 4 rings (SSSR count). The lowest BCUT2D eigenvalue weighted by atomic mass is 9.45. The van der Waals surface area contributed by atoms with E-state index in [4.69, 9.17) is 14.2 Å². The Morgan fingerprint density at radius 2 is 1.89 bits per heavy atom. The standard InChI is InChI=1S/C23H36O5/c1-14(24)28-20-12-23(3)15(11-19(20)27-13-26-4)5-6-16-17-7-8-21(25)22(17,2)10-9-18(16)23/h15-20H,5-13H2,1-4H3. The lowest BCUT2D eigenvalue weighted by molar-refractivity contribution is -0.203. The second kappa shape index (κ2) is 7.39. The van der Waals surface area contributed by atoms with Gasteiger partial charge in [0.25, 0.3) is 0 Å². The minimum Gasteiger partial charge on any atom is -0.460 e. The summed E-state index contributed by atoms with van der Waals surface area (Å²) in [6, 6.07) is 0. The molecule has 4 aliphatic rings. The van der Waals surface area contributed by atoms with Crippen molar-refractivity contribution in [3.8, 4) is 0 Å². The van der Waals surface area contributed by atoms with E-state index in [2.05, 4.69) is 13.8 Å². The van der Waals surface area contributed by atoms with E-state index in [1.54, 1.807) is 7.11 Å². The fraction of sp³-hybridized carbons (Fsp3) is 0.913. The van der Waals surface area contributed by atoms with Crippen molar-refractivity contribution in [2.24, 2.45) is 34.5 Å². The third-order valence-corrected chi connectivity index (χ3v) is 9.06. The van der Waals surface area contributed by atoms with E-state index in [1.165, 1.54) is 19.8 Å². The lowest BCUT2D eigenvalue weighted by Crippen LogP contribution is -2.57. The van der Waals surface area contributed by atoms with E-state index in [9.17, 15) is 9.59 Å². The Morgan fingerprint density at radius 1 is 1.11 bits per heavy atom. The van der Waals surface area contributed by atoms with Crippen LogP contribution in [0.15, 0.2) is 0 Å². The molecule has 0 bridgehead atoms. The molecule has 8 atom stereocenters. The molecule has 0 aliphatic heterocycles. The largest absolute Gasteiger partial charge is 0.460 e. The number of hydrogen-bond donors (Lipinski definition) is 0. The van der Waals surface area contributed by atoms with E-state index < -0.39 is 0 Å². The van der Waals surface area contributed by atoms with Crippen LogP contribution in [0.25, 0.3) is 0 Å². The van der Waals surface area contributed by atoms with Crippen molar-refractivity contribution in [1.29, 1.82) is 0 Å². The van der Waals surface area contributed by atoms with E-state index >= 15 is 0 Å². The van der Waals surface area contributed by atoms with Gasteiger partial charge in [0.1, 0.15) is 18.7 Å². The Kier molecular flexibility index (Phi) is 5.37. The van der Waals surface area contributed by atoms with E-state index in [0.717, 1.165) is 38.5 Å². The maximum Gasteiger partial charge on any atom is 0.302 e. The van der Waals surface area contributed by atoms with Crippen LogP contribution in [-0.2, 0) is 23.8 Å². The van der Waals surface area contributed by atoms with E-state index in [-0.39, 0.29) is 35.8 Å². The fourth-order valence-corrected chi connectivity index (χ4v) is 7.67. The molecule has 0 spiro atoms.